The number of hydrogen-bond acceptors (Lipinski definition) is 3. The van der Waals surface area contributed by atoms with Crippen LogP contribution in [0.3, 0.4) is 0 Å². The lowest BCUT2D eigenvalue weighted by atomic mass is 10.2. The van der Waals surface area contributed by atoms with E-state index in [0.29, 0.717) is 5.56 Å². The zero-order valence-corrected chi connectivity index (χ0v) is 13.5. The molecule has 6 heteroatoms. The molecule has 0 heterocycles. The predicted octanol–water partition coefficient (Wildman–Crippen LogP) is 4.49. The largest absolute Gasteiger partial charge is 0.409 e. The van der Waals surface area contributed by atoms with Crippen molar-refractivity contribution in [2.75, 3.05) is 0 Å². The summed E-state index contributed by atoms with van der Waals surface area (Å²) < 4.78 is 0.917. The first-order chi connectivity index (χ1) is 9.60. The maximum Gasteiger partial charge on any atom is 0.170 e. The molecule has 0 amide bonds. The molecule has 0 atom stereocenters. The summed E-state index contributed by atoms with van der Waals surface area (Å²) in [7, 11) is 0. The highest BCUT2D eigenvalue weighted by Crippen LogP contribution is 2.31. The van der Waals surface area contributed by atoms with E-state index in [9.17, 15) is 0 Å². The molecular formula is C14H12BrClN2OS. The van der Waals surface area contributed by atoms with Crippen molar-refractivity contribution >= 4 is 45.1 Å². The summed E-state index contributed by atoms with van der Waals surface area (Å²) >= 11 is 11.1. The third kappa shape index (κ3) is 3.91. The summed E-state index contributed by atoms with van der Waals surface area (Å²) in [5.74, 6) is 0.943. The number of thioether (sulfide) groups is 1. The molecule has 0 aliphatic heterocycles. The van der Waals surface area contributed by atoms with Gasteiger partial charge in [-0.3, -0.25) is 0 Å². The average Bonchev–Trinajstić information content (AvgIpc) is 2.46. The lowest BCUT2D eigenvalue weighted by Crippen LogP contribution is -2.12. The predicted molar refractivity (Wildman–Crippen MR) is 87.7 cm³/mol. The molecule has 2 aromatic rings. The Hall–Kier alpha value is -1.17. The highest BCUT2D eigenvalue weighted by Gasteiger charge is 2.05. The van der Waals surface area contributed by atoms with Gasteiger partial charge in [0, 0.05) is 25.7 Å². The Kier molecular flexibility index (Phi) is 5.34. The minimum Gasteiger partial charge on any atom is -0.409 e. The van der Waals surface area contributed by atoms with Crippen LogP contribution in [0.1, 0.15) is 11.1 Å². The molecule has 0 aromatic heterocycles. The van der Waals surface area contributed by atoms with E-state index in [4.69, 9.17) is 22.5 Å². The molecule has 0 spiro atoms. The Balaban J connectivity index is 2.08. The van der Waals surface area contributed by atoms with E-state index in [-0.39, 0.29) is 5.84 Å². The fourth-order valence-electron chi connectivity index (χ4n) is 1.58. The van der Waals surface area contributed by atoms with Gasteiger partial charge in [-0.05, 0) is 51.8 Å². The van der Waals surface area contributed by atoms with Gasteiger partial charge >= 0.3 is 0 Å². The summed E-state index contributed by atoms with van der Waals surface area (Å²) in [6.07, 6.45) is 0. The van der Waals surface area contributed by atoms with E-state index in [0.717, 1.165) is 20.1 Å². The average molecular weight is 372 g/mol. The van der Waals surface area contributed by atoms with Crippen molar-refractivity contribution in [3.05, 3.63) is 63.1 Å². The second-order valence-electron chi connectivity index (χ2n) is 4.05. The van der Waals surface area contributed by atoms with Gasteiger partial charge in [-0.25, -0.2) is 0 Å². The van der Waals surface area contributed by atoms with E-state index in [1.165, 1.54) is 5.56 Å². The standard InChI is InChI=1S/C14H12BrClN2OS/c15-12-7-10(14(17)18-19)3-6-13(12)20-8-9-1-4-11(16)5-2-9/h1-7,19H,8H2,(H2,17,18). The molecule has 0 radical (unpaired) electrons. The smallest absolute Gasteiger partial charge is 0.170 e. The Morgan fingerprint density at radius 3 is 2.55 bits per heavy atom. The van der Waals surface area contributed by atoms with E-state index in [1.807, 2.05) is 42.5 Å². The molecule has 3 nitrogen and oxygen atoms in total. The first-order valence-electron chi connectivity index (χ1n) is 5.75. The van der Waals surface area contributed by atoms with Crippen molar-refractivity contribution < 1.29 is 5.21 Å². The molecule has 0 unspecified atom stereocenters. The first-order valence-corrected chi connectivity index (χ1v) is 7.90. The van der Waals surface area contributed by atoms with Crippen LogP contribution in [0.25, 0.3) is 0 Å². The Morgan fingerprint density at radius 1 is 1.25 bits per heavy atom. The SMILES string of the molecule is N/C(=N/O)c1ccc(SCc2ccc(Cl)cc2)c(Br)c1. The quantitative estimate of drug-likeness (QED) is 0.274. The van der Waals surface area contributed by atoms with Crippen LogP contribution >= 0.6 is 39.3 Å². The minimum absolute atomic E-state index is 0.0972. The zero-order chi connectivity index (χ0) is 14.5. The van der Waals surface area contributed by atoms with Gasteiger partial charge in [0.15, 0.2) is 5.84 Å². The topological polar surface area (TPSA) is 58.6 Å². The summed E-state index contributed by atoms with van der Waals surface area (Å²) in [5, 5.41) is 12.4. The monoisotopic (exact) mass is 370 g/mol. The lowest BCUT2D eigenvalue weighted by Gasteiger charge is -2.07. The van der Waals surface area contributed by atoms with Crippen molar-refractivity contribution in [1.29, 1.82) is 0 Å². The fourth-order valence-corrected chi connectivity index (χ4v) is 3.30. The summed E-state index contributed by atoms with van der Waals surface area (Å²) in [5.41, 5.74) is 7.43. The van der Waals surface area contributed by atoms with Gasteiger partial charge in [0.05, 0.1) is 0 Å². The third-order valence-electron chi connectivity index (χ3n) is 2.64. The van der Waals surface area contributed by atoms with Crippen molar-refractivity contribution in [2.24, 2.45) is 10.9 Å². The van der Waals surface area contributed by atoms with Crippen LogP contribution in [0.2, 0.25) is 5.02 Å². The van der Waals surface area contributed by atoms with Crippen molar-refractivity contribution in [3.8, 4) is 0 Å². The molecule has 0 fully saturated rings. The molecule has 0 aliphatic carbocycles. The lowest BCUT2D eigenvalue weighted by molar-refractivity contribution is 0.318. The van der Waals surface area contributed by atoms with Crippen LogP contribution in [0, 0.1) is 0 Å². The second kappa shape index (κ2) is 7.02. The number of rotatable bonds is 4. The van der Waals surface area contributed by atoms with Crippen LogP contribution in [0.5, 0.6) is 0 Å². The van der Waals surface area contributed by atoms with Gasteiger partial charge in [-0.2, -0.15) is 0 Å². The molecule has 104 valence electrons. The van der Waals surface area contributed by atoms with Crippen molar-refractivity contribution in [3.63, 3.8) is 0 Å². The first kappa shape index (κ1) is 15.2. The van der Waals surface area contributed by atoms with E-state index in [1.54, 1.807) is 11.8 Å². The minimum atomic E-state index is 0.0972. The number of hydrogen-bond donors (Lipinski definition) is 2. The maximum atomic E-state index is 8.65. The van der Waals surface area contributed by atoms with Gasteiger partial charge in [0.1, 0.15) is 0 Å². The third-order valence-corrected chi connectivity index (χ3v) is 4.96. The van der Waals surface area contributed by atoms with E-state index < -0.39 is 0 Å². The molecule has 0 aliphatic rings. The maximum absolute atomic E-state index is 8.65. The van der Waals surface area contributed by atoms with Crippen LogP contribution < -0.4 is 5.73 Å². The molecule has 0 saturated heterocycles. The van der Waals surface area contributed by atoms with Crippen molar-refractivity contribution in [2.45, 2.75) is 10.6 Å². The summed E-state index contributed by atoms with van der Waals surface area (Å²) in [4.78, 5) is 1.09. The van der Waals surface area contributed by atoms with Gasteiger partial charge in [0.25, 0.3) is 0 Å². The molecular weight excluding hydrogens is 360 g/mol. The van der Waals surface area contributed by atoms with Gasteiger partial charge in [0.2, 0.25) is 0 Å². The fraction of sp³-hybridized carbons (Fsp3) is 0.0714. The number of amidine groups is 1. The zero-order valence-electron chi connectivity index (χ0n) is 10.4. The summed E-state index contributed by atoms with van der Waals surface area (Å²) in [6.45, 7) is 0. The van der Waals surface area contributed by atoms with Crippen LogP contribution in [0.4, 0.5) is 0 Å². The molecule has 20 heavy (non-hydrogen) atoms. The Labute approximate surface area is 134 Å². The highest BCUT2D eigenvalue weighted by atomic mass is 79.9. The number of nitrogens with zero attached hydrogens (tertiary/aromatic N) is 1. The number of oxime groups is 1. The van der Waals surface area contributed by atoms with Crippen LogP contribution in [-0.4, -0.2) is 11.0 Å². The Bertz CT molecular complexity index is 632. The molecule has 0 bridgehead atoms. The van der Waals surface area contributed by atoms with E-state index >= 15 is 0 Å². The number of benzene rings is 2. The van der Waals surface area contributed by atoms with E-state index in [2.05, 4.69) is 21.1 Å². The van der Waals surface area contributed by atoms with Gasteiger partial charge in [-0.1, -0.05) is 28.9 Å². The van der Waals surface area contributed by atoms with Gasteiger partial charge < -0.3 is 10.9 Å². The number of halogens is 2. The van der Waals surface area contributed by atoms with Crippen LogP contribution in [0.15, 0.2) is 57.0 Å². The second-order valence-corrected chi connectivity index (χ2v) is 6.35. The normalized spacial score (nSPS) is 11.6. The molecule has 2 aromatic carbocycles. The van der Waals surface area contributed by atoms with Crippen molar-refractivity contribution in [1.82, 2.24) is 0 Å². The number of nitrogens with two attached hydrogens (primary N) is 1. The molecule has 0 saturated carbocycles. The molecule has 2 rings (SSSR count). The Morgan fingerprint density at radius 2 is 1.95 bits per heavy atom. The van der Waals surface area contributed by atoms with Crippen LogP contribution in [-0.2, 0) is 5.75 Å². The molecule has 3 N–H and O–H groups in total. The summed E-state index contributed by atoms with van der Waals surface area (Å²) in [6, 6.07) is 13.4. The van der Waals surface area contributed by atoms with Gasteiger partial charge in [-0.15, -0.1) is 11.8 Å². The highest BCUT2D eigenvalue weighted by molar-refractivity contribution is 9.10.